The molecule has 2 aliphatic heterocycles. The van der Waals surface area contributed by atoms with Crippen LogP contribution in [0, 0.1) is 0 Å². The summed E-state index contributed by atoms with van der Waals surface area (Å²) < 4.78 is 24.1. The van der Waals surface area contributed by atoms with Crippen molar-refractivity contribution < 1.29 is 28.2 Å². The van der Waals surface area contributed by atoms with E-state index in [-0.39, 0.29) is 13.1 Å². The van der Waals surface area contributed by atoms with Crippen LogP contribution in [0.1, 0.15) is 27.7 Å². The summed E-state index contributed by atoms with van der Waals surface area (Å²) in [7, 11) is 0.120. The lowest BCUT2D eigenvalue weighted by Crippen LogP contribution is -2.47. The molecule has 1 aromatic rings. The van der Waals surface area contributed by atoms with E-state index in [0.717, 1.165) is 4.78 Å². The Morgan fingerprint density at radius 2 is 1.36 bits per heavy atom. The Labute approximate surface area is 151 Å². The molecule has 2 fully saturated rings. The number of likely N-dealkylation sites (N-methyl/N-ethyl adjacent to an activating group) is 1. The first-order valence-corrected chi connectivity index (χ1v) is 8.92. The number of carbonyl (C=O) groups excluding carboxylic acids is 2. The molecule has 10 heteroatoms. The van der Waals surface area contributed by atoms with Crippen LogP contribution in [0.2, 0.25) is 0 Å². The Morgan fingerprint density at radius 3 is 1.84 bits per heavy atom. The van der Waals surface area contributed by atoms with Crippen molar-refractivity contribution in [3.05, 3.63) is 12.1 Å². The fraction of sp³-hybridized carbons (Fsp3) is 0.600. The molecule has 1 aromatic heterocycles. The molecular formula is C15H21B2NO6S. The highest BCUT2D eigenvalue weighted by molar-refractivity contribution is 7.30. The summed E-state index contributed by atoms with van der Waals surface area (Å²) in [5.74, 6) is -0.879. The molecule has 0 spiro atoms. The maximum Gasteiger partial charge on any atom is 0.647 e. The SMILES string of the molecule is CN1CC(=O)OB(c2ccc(B3OC(C)(C)C(C)(C)O3)s2)OC(=O)C1. The summed E-state index contributed by atoms with van der Waals surface area (Å²) in [6.45, 7) is 8.02. The van der Waals surface area contributed by atoms with E-state index < -0.39 is 37.4 Å². The maximum atomic E-state index is 11.9. The van der Waals surface area contributed by atoms with Crippen LogP contribution in [0.5, 0.6) is 0 Å². The molecule has 3 rings (SSSR count). The van der Waals surface area contributed by atoms with E-state index in [1.54, 1.807) is 18.0 Å². The average molecular weight is 365 g/mol. The van der Waals surface area contributed by atoms with E-state index >= 15 is 0 Å². The summed E-state index contributed by atoms with van der Waals surface area (Å²) in [6, 6.07) is 3.61. The Balaban J connectivity index is 1.77. The second kappa shape index (κ2) is 6.42. The van der Waals surface area contributed by atoms with Gasteiger partial charge >= 0.3 is 26.2 Å². The number of hydrogen-bond donors (Lipinski definition) is 0. The van der Waals surface area contributed by atoms with Crippen LogP contribution in [0.3, 0.4) is 0 Å². The van der Waals surface area contributed by atoms with E-state index in [4.69, 9.17) is 18.6 Å². The van der Waals surface area contributed by atoms with Gasteiger partial charge in [-0.15, -0.1) is 0 Å². The molecule has 0 unspecified atom stereocenters. The lowest BCUT2D eigenvalue weighted by molar-refractivity contribution is -0.145. The lowest BCUT2D eigenvalue weighted by atomic mass is 9.85. The van der Waals surface area contributed by atoms with Gasteiger partial charge < -0.3 is 18.6 Å². The minimum Gasteiger partial charge on any atom is -0.494 e. The molecule has 0 radical (unpaired) electrons. The van der Waals surface area contributed by atoms with Gasteiger partial charge in [0.1, 0.15) is 0 Å². The van der Waals surface area contributed by atoms with E-state index in [1.807, 2.05) is 33.8 Å². The number of carbonyl (C=O) groups is 2. The predicted molar refractivity (Wildman–Crippen MR) is 95.1 cm³/mol. The highest BCUT2D eigenvalue weighted by Crippen LogP contribution is 2.36. The molecular weight excluding hydrogens is 344 g/mol. The van der Waals surface area contributed by atoms with E-state index in [0.29, 0.717) is 4.78 Å². The number of nitrogens with zero attached hydrogens (tertiary/aromatic N) is 1. The van der Waals surface area contributed by atoms with E-state index in [2.05, 4.69) is 0 Å². The summed E-state index contributed by atoms with van der Waals surface area (Å²) in [6.07, 6.45) is 0. The molecule has 0 atom stereocenters. The van der Waals surface area contributed by atoms with Gasteiger partial charge in [0.25, 0.3) is 0 Å². The highest BCUT2D eigenvalue weighted by Gasteiger charge is 2.52. The van der Waals surface area contributed by atoms with Crippen molar-refractivity contribution in [2.24, 2.45) is 0 Å². The van der Waals surface area contributed by atoms with Gasteiger partial charge in [0.05, 0.1) is 29.1 Å². The number of thiophene rings is 1. The van der Waals surface area contributed by atoms with Crippen molar-refractivity contribution in [3.8, 4) is 0 Å². The molecule has 0 aromatic carbocycles. The predicted octanol–water partition coefficient (Wildman–Crippen LogP) is -0.226. The van der Waals surface area contributed by atoms with Gasteiger partial charge in [-0.1, -0.05) is 6.07 Å². The molecule has 0 aliphatic carbocycles. The van der Waals surface area contributed by atoms with Gasteiger partial charge in [-0.05, 0) is 40.8 Å². The molecule has 134 valence electrons. The standard InChI is InChI=1S/C15H21B2NO6S/c1-14(2)15(3,4)24-17(23-14)11-7-6-10(25-11)16-21-12(19)8-18(5)9-13(20)22-16/h6-7H,8-9H2,1-5H3. The van der Waals surface area contributed by atoms with Crippen LogP contribution in [0.25, 0.3) is 0 Å². The molecule has 25 heavy (non-hydrogen) atoms. The first-order chi connectivity index (χ1) is 11.6. The van der Waals surface area contributed by atoms with Crippen LogP contribution in [-0.2, 0) is 28.2 Å². The smallest absolute Gasteiger partial charge is 0.494 e. The second-order valence-corrected chi connectivity index (χ2v) is 8.46. The monoisotopic (exact) mass is 365 g/mol. The third kappa shape index (κ3) is 3.76. The fourth-order valence-electron chi connectivity index (χ4n) is 2.53. The minimum atomic E-state index is -1.03. The van der Waals surface area contributed by atoms with Crippen LogP contribution in [-0.4, -0.2) is 62.4 Å². The fourth-order valence-corrected chi connectivity index (χ4v) is 3.46. The quantitative estimate of drug-likeness (QED) is 0.671. The number of rotatable bonds is 2. The zero-order valence-corrected chi connectivity index (χ0v) is 15.8. The van der Waals surface area contributed by atoms with Crippen molar-refractivity contribution >= 4 is 47.1 Å². The van der Waals surface area contributed by atoms with Crippen molar-refractivity contribution in [2.45, 2.75) is 38.9 Å². The Morgan fingerprint density at radius 1 is 0.920 bits per heavy atom. The largest absolute Gasteiger partial charge is 0.647 e. The number of hydrogen-bond acceptors (Lipinski definition) is 8. The second-order valence-electron chi connectivity index (χ2n) is 7.31. The summed E-state index contributed by atoms with van der Waals surface area (Å²) in [4.78, 5) is 25.3. The lowest BCUT2D eigenvalue weighted by Gasteiger charge is -2.32. The zero-order valence-electron chi connectivity index (χ0n) is 15.0. The molecule has 0 amide bonds. The van der Waals surface area contributed by atoms with Crippen molar-refractivity contribution in [3.63, 3.8) is 0 Å². The van der Waals surface area contributed by atoms with Crippen molar-refractivity contribution in [2.75, 3.05) is 20.1 Å². The van der Waals surface area contributed by atoms with Gasteiger partial charge in [-0.2, -0.15) is 11.3 Å². The molecule has 2 aliphatic rings. The molecule has 2 saturated heterocycles. The van der Waals surface area contributed by atoms with Gasteiger partial charge in [0, 0.05) is 4.78 Å². The van der Waals surface area contributed by atoms with Gasteiger partial charge in [-0.25, -0.2) is 0 Å². The normalized spacial score (nSPS) is 23.9. The third-order valence-corrected chi connectivity index (χ3v) is 5.77. The summed E-state index contributed by atoms with van der Waals surface area (Å²) in [5, 5.41) is 0. The van der Waals surface area contributed by atoms with Crippen LogP contribution in [0.15, 0.2) is 12.1 Å². The Hall–Kier alpha value is -1.35. The Kier molecular flexibility index (Phi) is 4.74. The van der Waals surface area contributed by atoms with Crippen molar-refractivity contribution in [1.82, 2.24) is 4.90 Å². The third-order valence-electron chi connectivity index (χ3n) is 4.64. The molecule has 0 bridgehead atoms. The maximum absolute atomic E-state index is 11.9. The first-order valence-electron chi connectivity index (χ1n) is 8.10. The van der Waals surface area contributed by atoms with E-state index in [9.17, 15) is 9.59 Å². The molecule has 0 saturated carbocycles. The van der Waals surface area contributed by atoms with E-state index in [1.165, 1.54) is 11.3 Å². The summed E-state index contributed by atoms with van der Waals surface area (Å²) >= 11 is 1.34. The molecule has 0 N–H and O–H groups in total. The molecule has 3 heterocycles. The van der Waals surface area contributed by atoms with Gasteiger partial charge in [0.15, 0.2) is 0 Å². The van der Waals surface area contributed by atoms with Crippen LogP contribution >= 0.6 is 11.3 Å². The topological polar surface area (TPSA) is 74.3 Å². The Bertz CT molecular complexity index is 655. The minimum absolute atomic E-state index is 0.0427. The summed E-state index contributed by atoms with van der Waals surface area (Å²) in [5.41, 5.74) is -0.878. The van der Waals surface area contributed by atoms with Crippen LogP contribution in [0.4, 0.5) is 0 Å². The van der Waals surface area contributed by atoms with Gasteiger partial charge in [-0.3, -0.25) is 14.5 Å². The zero-order chi connectivity index (χ0) is 18.4. The molecule has 7 nitrogen and oxygen atoms in total. The highest BCUT2D eigenvalue weighted by atomic mass is 32.1. The first kappa shape index (κ1) is 18.4. The van der Waals surface area contributed by atoms with Gasteiger partial charge in [0.2, 0.25) is 0 Å². The van der Waals surface area contributed by atoms with Crippen molar-refractivity contribution in [1.29, 1.82) is 0 Å². The average Bonchev–Trinajstić information content (AvgIpc) is 2.99. The van der Waals surface area contributed by atoms with Crippen LogP contribution < -0.4 is 9.55 Å².